The first-order valence-electron chi connectivity index (χ1n) is 4.01. The van der Waals surface area contributed by atoms with E-state index in [2.05, 4.69) is 9.26 Å². The van der Waals surface area contributed by atoms with Crippen molar-refractivity contribution in [2.24, 2.45) is 0 Å². The molecule has 0 aromatic heterocycles. The van der Waals surface area contributed by atoms with Gasteiger partial charge in [0.05, 0.1) is 6.61 Å². The summed E-state index contributed by atoms with van der Waals surface area (Å²) in [6, 6.07) is 0. The summed E-state index contributed by atoms with van der Waals surface area (Å²) in [6.45, 7) is -0.857. The van der Waals surface area contributed by atoms with Crippen LogP contribution in [0.15, 0.2) is 0 Å². The topological polar surface area (TPSA) is 153 Å². The van der Waals surface area contributed by atoms with Crippen molar-refractivity contribution in [3.05, 3.63) is 0 Å². The van der Waals surface area contributed by atoms with Gasteiger partial charge in [0, 0.05) is 0 Å². The number of hydrogen-bond donors (Lipinski definition) is 3. The number of aliphatic hydroxyl groups excluding tert-OH is 2. The van der Waals surface area contributed by atoms with Gasteiger partial charge in [-0.1, -0.05) is 0 Å². The summed E-state index contributed by atoms with van der Waals surface area (Å²) >= 11 is 0. The van der Waals surface area contributed by atoms with Gasteiger partial charge in [-0.3, -0.25) is 13.9 Å². The quantitative estimate of drug-likeness (QED) is 0.197. The van der Waals surface area contributed by atoms with E-state index in [4.69, 9.17) is 15.1 Å². The van der Waals surface area contributed by atoms with Crippen molar-refractivity contribution < 1.29 is 73.0 Å². The van der Waals surface area contributed by atoms with Gasteiger partial charge in [-0.2, -0.15) is 0 Å². The minimum absolute atomic E-state index is 0. The second-order valence-electron chi connectivity index (χ2n) is 2.96. The van der Waals surface area contributed by atoms with Crippen molar-refractivity contribution in [1.29, 1.82) is 0 Å². The van der Waals surface area contributed by atoms with Crippen LogP contribution in [0.2, 0.25) is 0 Å². The summed E-state index contributed by atoms with van der Waals surface area (Å²) in [5.41, 5.74) is 0. The molecule has 0 aromatic rings. The van der Waals surface area contributed by atoms with E-state index in [9.17, 15) is 19.0 Å². The van der Waals surface area contributed by atoms with Gasteiger partial charge < -0.3 is 24.7 Å². The van der Waals surface area contributed by atoms with Crippen LogP contribution in [-0.4, -0.2) is 51.8 Å². The van der Waals surface area contributed by atoms with Crippen LogP contribution < -0.4 is 34.5 Å². The third kappa shape index (κ3) is 4.40. The maximum Gasteiger partial charge on any atom is 1.00 e. The number of phosphoric ester groups is 1. The second kappa shape index (κ2) is 6.37. The van der Waals surface area contributed by atoms with Crippen LogP contribution in [-0.2, 0) is 23.4 Å². The summed E-state index contributed by atoms with van der Waals surface area (Å²) in [5, 5.41) is 17.6. The Hall–Kier alpha value is 0.170. The fourth-order valence-corrected chi connectivity index (χ4v) is 1.56. The van der Waals surface area contributed by atoms with Gasteiger partial charge in [0.25, 0.3) is 7.82 Å². The predicted octanol–water partition coefficient (Wildman–Crippen LogP) is -6.32. The molecule has 17 heavy (non-hydrogen) atoms. The molecular formula is C6H8NaO9P. The van der Waals surface area contributed by atoms with Gasteiger partial charge in [-0.15, -0.1) is 0 Å². The number of phosphoric acid groups is 1. The van der Waals surface area contributed by atoms with Gasteiger partial charge in [0.15, 0.2) is 6.10 Å². The largest absolute Gasteiger partial charge is 1.00 e. The molecule has 1 aliphatic rings. The van der Waals surface area contributed by atoms with E-state index in [1.165, 1.54) is 0 Å². The van der Waals surface area contributed by atoms with Gasteiger partial charge >= 0.3 is 35.5 Å². The smallest absolute Gasteiger partial charge is 0.756 e. The van der Waals surface area contributed by atoms with Crippen molar-refractivity contribution in [3.63, 3.8) is 0 Å². The number of carbonyl (C=O) groups is 2. The zero-order chi connectivity index (χ0) is 12.5. The zero-order valence-electron chi connectivity index (χ0n) is 8.68. The Morgan fingerprint density at radius 2 is 2.06 bits per heavy atom. The third-order valence-electron chi connectivity index (χ3n) is 1.77. The Balaban J connectivity index is 0.00000256. The summed E-state index contributed by atoms with van der Waals surface area (Å²) < 4.78 is 18.4. The molecule has 4 unspecified atom stereocenters. The molecule has 0 saturated carbocycles. The van der Waals surface area contributed by atoms with Crippen LogP contribution >= 0.6 is 7.82 Å². The third-order valence-corrected chi connectivity index (χ3v) is 2.25. The average molecular weight is 278 g/mol. The number of Topliss-reactive ketones (excluding diaryl/α,β-unsaturated/α-hetero) is 1. The van der Waals surface area contributed by atoms with Crippen LogP contribution in [0.4, 0.5) is 0 Å². The number of rotatable bonds is 4. The number of carbonyl (C=O) groups excluding carboxylic acids is 2. The number of hydrogen-bond acceptors (Lipinski definition) is 8. The van der Waals surface area contributed by atoms with E-state index in [1.54, 1.807) is 0 Å². The molecule has 0 aliphatic carbocycles. The molecule has 0 bridgehead atoms. The van der Waals surface area contributed by atoms with Crippen molar-refractivity contribution >= 4 is 19.6 Å². The van der Waals surface area contributed by atoms with Crippen LogP contribution in [0.25, 0.3) is 0 Å². The fourth-order valence-electron chi connectivity index (χ4n) is 1.10. The monoisotopic (exact) mass is 278 g/mol. The summed E-state index contributed by atoms with van der Waals surface area (Å²) in [6.07, 6.45) is -5.51. The Bertz CT molecular complexity index is 351. The molecule has 0 radical (unpaired) electrons. The van der Waals surface area contributed by atoms with Gasteiger partial charge in [0.2, 0.25) is 11.9 Å². The first-order valence-corrected chi connectivity index (χ1v) is 5.51. The molecule has 4 atom stereocenters. The molecule has 9 nitrogen and oxygen atoms in total. The van der Waals surface area contributed by atoms with Gasteiger partial charge in [-0.05, 0) is 0 Å². The van der Waals surface area contributed by atoms with E-state index >= 15 is 0 Å². The molecule has 1 aliphatic heterocycles. The van der Waals surface area contributed by atoms with Crippen LogP contribution in [0, 0.1) is 0 Å². The minimum atomic E-state index is -5.27. The first kappa shape index (κ1) is 17.2. The van der Waals surface area contributed by atoms with E-state index in [-0.39, 0.29) is 29.6 Å². The average Bonchev–Trinajstić information content (AvgIpc) is 2.42. The number of cyclic esters (lactones) is 1. The summed E-state index contributed by atoms with van der Waals surface area (Å²) in [5.74, 6) is -2.54. The van der Waals surface area contributed by atoms with Crippen molar-refractivity contribution in [2.75, 3.05) is 6.61 Å². The minimum Gasteiger partial charge on any atom is -0.756 e. The molecule has 1 rings (SSSR count). The normalized spacial score (nSPS) is 29.2. The van der Waals surface area contributed by atoms with E-state index in [0.717, 1.165) is 0 Å². The van der Waals surface area contributed by atoms with Crippen molar-refractivity contribution in [1.82, 2.24) is 0 Å². The predicted molar refractivity (Wildman–Crippen MR) is 42.7 cm³/mol. The molecule has 3 N–H and O–H groups in total. The molecule has 92 valence electrons. The number of ether oxygens (including phenoxy) is 1. The Morgan fingerprint density at radius 1 is 1.53 bits per heavy atom. The maximum absolute atomic E-state index is 11.3. The molecule has 1 fully saturated rings. The van der Waals surface area contributed by atoms with Crippen LogP contribution in [0.1, 0.15) is 0 Å². The van der Waals surface area contributed by atoms with Crippen LogP contribution in [0.3, 0.4) is 0 Å². The Labute approximate surface area is 117 Å². The van der Waals surface area contributed by atoms with Gasteiger partial charge in [0.1, 0.15) is 6.10 Å². The van der Waals surface area contributed by atoms with Crippen molar-refractivity contribution in [3.8, 4) is 0 Å². The molecule has 0 amide bonds. The zero-order valence-corrected chi connectivity index (χ0v) is 11.6. The first-order chi connectivity index (χ1) is 7.26. The SMILES string of the molecule is O=C1OC(C(O)CO)C(=O)C1OP(=O)([O-])O.[Na+]. The number of esters is 1. The standard InChI is InChI=1S/C6H9O9P.Na/c7-1-2(8)4-3(9)5(6(10)14-4)15-16(11,12)13;/h2,4-5,7-8H,1H2,(H2,11,12,13);/q;+1/p-1. The summed E-state index contributed by atoms with van der Waals surface area (Å²) in [7, 11) is -5.27. The fraction of sp³-hybridized carbons (Fsp3) is 0.667. The molecule has 0 aromatic carbocycles. The molecule has 0 spiro atoms. The van der Waals surface area contributed by atoms with Gasteiger partial charge in [-0.25, -0.2) is 4.79 Å². The van der Waals surface area contributed by atoms with Crippen LogP contribution in [0.5, 0.6) is 0 Å². The van der Waals surface area contributed by atoms with E-state index in [1.807, 2.05) is 0 Å². The molecule has 11 heteroatoms. The molecule has 1 saturated heterocycles. The summed E-state index contributed by atoms with van der Waals surface area (Å²) in [4.78, 5) is 40.9. The number of ketones is 1. The van der Waals surface area contributed by atoms with E-state index < -0.39 is 44.5 Å². The number of aliphatic hydroxyl groups is 2. The molecule has 1 heterocycles. The Morgan fingerprint density at radius 3 is 2.47 bits per heavy atom. The molecular weight excluding hydrogens is 270 g/mol. The Kier molecular flexibility index (Phi) is 6.43. The maximum atomic E-state index is 11.3. The van der Waals surface area contributed by atoms with Crippen molar-refractivity contribution in [2.45, 2.75) is 18.3 Å². The second-order valence-corrected chi connectivity index (χ2v) is 4.11. The van der Waals surface area contributed by atoms with E-state index in [0.29, 0.717) is 0 Å².